The van der Waals surface area contributed by atoms with E-state index in [9.17, 15) is 0 Å². The van der Waals surface area contributed by atoms with Crippen LogP contribution in [-0.2, 0) is 0 Å². The number of unbranched alkanes of at least 4 members (excludes halogenated alkanes) is 1. The van der Waals surface area contributed by atoms with Crippen LogP contribution >= 0.6 is 0 Å². The van der Waals surface area contributed by atoms with E-state index in [1.165, 1.54) is 44.9 Å². The molecular formula is C14H29N. The summed E-state index contributed by atoms with van der Waals surface area (Å²) in [4.78, 5) is 0. The molecule has 90 valence electrons. The predicted octanol–water partition coefficient (Wildman–Crippen LogP) is 4.12. The standard InChI is InChI=1S/C14H29N/c1-5-6-8-12(2)15-13-9-7-10-14(3,4)11-13/h12-13,15H,5-11H2,1-4H3. The van der Waals surface area contributed by atoms with E-state index < -0.39 is 0 Å². The summed E-state index contributed by atoms with van der Waals surface area (Å²) in [7, 11) is 0. The quantitative estimate of drug-likeness (QED) is 0.721. The molecule has 1 nitrogen and oxygen atoms in total. The molecular weight excluding hydrogens is 182 g/mol. The lowest BCUT2D eigenvalue weighted by molar-refractivity contribution is 0.189. The third-order valence-corrected chi connectivity index (χ3v) is 3.72. The lowest BCUT2D eigenvalue weighted by atomic mass is 9.75. The summed E-state index contributed by atoms with van der Waals surface area (Å²) in [6.45, 7) is 9.45. The molecule has 0 saturated heterocycles. The molecule has 15 heavy (non-hydrogen) atoms. The van der Waals surface area contributed by atoms with Gasteiger partial charge in [0, 0.05) is 12.1 Å². The molecule has 0 aliphatic heterocycles. The molecule has 0 amide bonds. The number of hydrogen-bond donors (Lipinski definition) is 1. The van der Waals surface area contributed by atoms with Crippen LogP contribution < -0.4 is 5.32 Å². The Kier molecular flexibility index (Phi) is 5.11. The Morgan fingerprint density at radius 2 is 2.13 bits per heavy atom. The predicted molar refractivity (Wildman–Crippen MR) is 68.2 cm³/mol. The largest absolute Gasteiger partial charge is 0.311 e. The summed E-state index contributed by atoms with van der Waals surface area (Å²) >= 11 is 0. The third kappa shape index (κ3) is 5.01. The first-order valence-electron chi connectivity index (χ1n) is 6.79. The maximum absolute atomic E-state index is 3.81. The van der Waals surface area contributed by atoms with E-state index >= 15 is 0 Å². The van der Waals surface area contributed by atoms with E-state index in [2.05, 4.69) is 33.0 Å². The molecule has 1 heteroatoms. The highest BCUT2D eigenvalue weighted by Gasteiger charge is 2.28. The molecule has 0 heterocycles. The summed E-state index contributed by atoms with van der Waals surface area (Å²) in [5.74, 6) is 0. The Hall–Kier alpha value is -0.0400. The lowest BCUT2D eigenvalue weighted by Crippen LogP contribution is -2.41. The van der Waals surface area contributed by atoms with Crippen LogP contribution in [0.3, 0.4) is 0 Å². The molecule has 0 aromatic rings. The molecule has 2 unspecified atom stereocenters. The molecule has 0 bridgehead atoms. The minimum Gasteiger partial charge on any atom is -0.311 e. The summed E-state index contributed by atoms with van der Waals surface area (Å²) < 4.78 is 0. The van der Waals surface area contributed by atoms with Crippen molar-refractivity contribution >= 4 is 0 Å². The van der Waals surface area contributed by atoms with E-state index in [0.717, 1.165) is 6.04 Å². The highest BCUT2D eigenvalue weighted by atomic mass is 14.9. The van der Waals surface area contributed by atoms with Gasteiger partial charge in [-0.2, -0.15) is 0 Å². The Balaban J connectivity index is 2.25. The van der Waals surface area contributed by atoms with Gasteiger partial charge in [-0.3, -0.25) is 0 Å². The summed E-state index contributed by atoms with van der Waals surface area (Å²) in [6.07, 6.45) is 9.60. The fourth-order valence-corrected chi connectivity index (χ4v) is 2.84. The molecule has 2 atom stereocenters. The highest BCUT2D eigenvalue weighted by molar-refractivity contribution is 4.84. The van der Waals surface area contributed by atoms with Crippen molar-refractivity contribution in [1.29, 1.82) is 0 Å². The Labute approximate surface area is 96.0 Å². The van der Waals surface area contributed by atoms with Gasteiger partial charge in [0.15, 0.2) is 0 Å². The fourth-order valence-electron chi connectivity index (χ4n) is 2.84. The van der Waals surface area contributed by atoms with E-state index in [1.54, 1.807) is 0 Å². The van der Waals surface area contributed by atoms with Gasteiger partial charge in [0.2, 0.25) is 0 Å². The zero-order valence-electron chi connectivity index (χ0n) is 11.1. The van der Waals surface area contributed by atoms with Crippen LogP contribution in [0.5, 0.6) is 0 Å². The smallest absolute Gasteiger partial charge is 0.00746 e. The first-order valence-corrected chi connectivity index (χ1v) is 6.79. The minimum absolute atomic E-state index is 0.570. The zero-order valence-corrected chi connectivity index (χ0v) is 11.1. The average Bonchev–Trinajstić information content (AvgIpc) is 2.13. The van der Waals surface area contributed by atoms with Crippen molar-refractivity contribution in [2.45, 2.75) is 84.7 Å². The first kappa shape index (κ1) is 13.0. The van der Waals surface area contributed by atoms with Crippen LogP contribution in [0.15, 0.2) is 0 Å². The zero-order chi connectivity index (χ0) is 11.3. The molecule has 1 aliphatic rings. The van der Waals surface area contributed by atoms with Gasteiger partial charge >= 0.3 is 0 Å². The van der Waals surface area contributed by atoms with Crippen LogP contribution in [0, 0.1) is 5.41 Å². The molecule has 0 aromatic carbocycles. The molecule has 0 aromatic heterocycles. The van der Waals surface area contributed by atoms with Crippen LogP contribution in [0.25, 0.3) is 0 Å². The van der Waals surface area contributed by atoms with Gasteiger partial charge in [-0.1, -0.05) is 40.0 Å². The summed E-state index contributed by atoms with van der Waals surface area (Å²) in [5.41, 5.74) is 0.570. The molecule has 0 radical (unpaired) electrons. The Morgan fingerprint density at radius 1 is 1.40 bits per heavy atom. The third-order valence-electron chi connectivity index (χ3n) is 3.72. The van der Waals surface area contributed by atoms with Crippen LogP contribution in [0.2, 0.25) is 0 Å². The van der Waals surface area contributed by atoms with Crippen molar-refractivity contribution in [3.8, 4) is 0 Å². The summed E-state index contributed by atoms with van der Waals surface area (Å²) in [6, 6.07) is 1.49. The van der Waals surface area contributed by atoms with Crippen molar-refractivity contribution in [2.24, 2.45) is 5.41 Å². The maximum atomic E-state index is 3.81. The van der Waals surface area contributed by atoms with Crippen molar-refractivity contribution in [3.63, 3.8) is 0 Å². The topological polar surface area (TPSA) is 12.0 Å². The Bertz CT molecular complexity index is 174. The first-order chi connectivity index (χ1) is 7.03. The number of hydrogen-bond acceptors (Lipinski definition) is 1. The number of nitrogens with one attached hydrogen (secondary N) is 1. The van der Waals surface area contributed by atoms with Crippen LogP contribution in [0.4, 0.5) is 0 Å². The van der Waals surface area contributed by atoms with E-state index in [4.69, 9.17) is 0 Å². The Morgan fingerprint density at radius 3 is 2.73 bits per heavy atom. The SMILES string of the molecule is CCCCC(C)NC1CCCC(C)(C)C1. The minimum atomic E-state index is 0.570. The molecule has 1 saturated carbocycles. The van der Waals surface area contributed by atoms with Crippen molar-refractivity contribution in [1.82, 2.24) is 5.32 Å². The van der Waals surface area contributed by atoms with Gasteiger partial charge < -0.3 is 5.32 Å². The van der Waals surface area contributed by atoms with Gasteiger partial charge in [-0.25, -0.2) is 0 Å². The lowest BCUT2D eigenvalue weighted by Gasteiger charge is -2.37. The maximum Gasteiger partial charge on any atom is 0.00746 e. The molecule has 1 N–H and O–H groups in total. The molecule has 1 rings (SSSR count). The van der Waals surface area contributed by atoms with Gasteiger partial charge in [0.05, 0.1) is 0 Å². The van der Waals surface area contributed by atoms with Gasteiger partial charge in [-0.15, -0.1) is 0 Å². The van der Waals surface area contributed by atoms with Crippen LogP contribution in [-0.4, -0.2) is 12.1 Å². The fraction of sp³-hybridized carbons (Fsp3) is 1.00. The van der Waals surface area contributed by atoms with E-state index in [0.29, 0.717) is 11.5 Å². The van der Waals surface area contributed by atoms with E-state index in [-0.39, 0.29) is 0 Å². The van der Waals surface area contributed by atoms with Crippen molar-refractivity contribution in [2.75, 3.05) is 0 Å². The molecule has 0 spiro atoms. The van der Waals surface area contributed by atoms with Gasteiger partial charge in [0.25, 0.3) is 0 Å². The van der Waals surface area contributed by atoms with Gasteiger partial charge in [0.1, 0.15) is 0 Å². The second-order valence-corrected chi connectivity index (χ2v) is 6.17. The van der Waals surface area contributed by atoms with E-state index in [1.807, 2.05) is 0 Å². The molecule has 1 aliphatic carbocycles. The number of rotatable bonds is 5. The highest BCUT2D eigenvalue weighted by Crippen LogP contribution is 2.35. The second kappa shape index (κ2) is 5.89. The summed E-state index contributed by atoms with van der Waals surface area (Å²) in [5, 5.41) is 3.81. The monoisotopic (exact) mass is 211 g/mol. The van der Waals surface area contributed by atoms with Crippen molar-refractivity contribution < 1.29 is 0 Å². The normalized spacial score (nSPS) is 27.6. The molecule has 1 fully saturated rings. The average molecular weight is 211 g/mol. The van der Waals surface area contributed by atoms with Gasteiger partial charge in [-0.05, 0) is 38.0 Å². The second-order valence-electron chi connectivity index (χ2n) is 6.17. The van der Waals surface area contributed by atoms with Crippen LogP contribution in [0.1, 0.15) is 72.6 Å². The van der Waals surface area contributed by atoms with Crippen molar-refractivity contribution in [3.05, 3.63) is 0 Å².